The minimum Gasteiger partial charge on any atom is -0.346 e. The predicted octanol–water partition coefficient (Wildman–Crippen LogP) is -0.640. The van der Waals surface area contributed by atoms with Crippen LogP contribution in [0.2, 0.25) is 0 Å². The standard InChI is InChI=1S/C7H12N2O3/c1-9-3-2-5(4-6(9)10)7(11)8-12/h5,12H,2-4H2,1H3,(H,8,11). The molecule has 0 bridgehead atoms. The molecule has 1 rings (SSSR count). The maximum absolute atomic E-state index is 11.1. The first-order valence-corrected chi connectivity index (χ1v) is 3.83. The molecule has 2 amide bonds. The van der Waals surface area contributed by atoms with Crippen LogP contribution < -0.4 is 5.48 Å². The van der Waals surface area contributed by atoms with Crippen molar-refractivity contribution >= 4 is 11.8 Å². The highest BCUT2D eigenvalue weighted by Crippen LogP contribution is 2.16. The maximum Gasteiger partial charge on any atom is 0.247 e. The average molecular weight is 172 g/mol. The van der Waals surface area contributed by atoms with Crippen LogP contribution in [0.1, 0.15) is 12.8 Å². The lowest BCUT2D eigenvalue weighted by Crippen LogP contribution is -2.41. The first-order chi connectivity index (χ1) is 5.65. The lowest BCUT2D eigenvalue weighted by molar-refractivity contribution is -0.142. The van der Waals surface area contributed by atoms with Gasteiger partial charge in [0.1, 0.15) is 0 Å². The fraction of sp³-hybridized carbons (Fsp3) is 0.714. The molecule has 1 heterocycles. The molecule has 1 atom stereocenters. The van der Waals surface area contributed by atoms with Gasteiger partial charge in [-0.15, -0.1) is 0 Å². The van der Waals surface area contributed by atoms with Gasteiger partial charge in [0.05, 0.1) is 5.92 Å². The second kappa shape index (κ2) is 3.53. The molecule has 0 spiro atoms. The third-order valence-electron chi connectivity index (χ3n) is 2.14. The van der Waals surface area contributed by atoms with Crippen LogP contribution in [-0.2, 0) is 9.59 Å². The van der Waals surface area contributed by atoms with Crippen molar-refractivity contribution in [1.29, 1.82) is 0 Å². The second-order valence-electron chi connectivity index (χ2n) is 2.98. The molecule has 0 aliphatic carbocycles. The molecule has 1 unspecified atom stereocenters. The summed E-state index contributed by atoms with van der Waals surface area (Å²) in [6, 6.07) is 0. The van der Waals surface area contributed by atoms with Crippen LogP contribution in [0.25, 0.3) is 0 Å². The van der Waals surface area contributed by atoms with Crippen LogP contribution >= 0.6 is 0 Å². The first-order valence-electron chi connectivity index (χ1n) is 3.83. The van der Waals surface area contributed by atoms with E-state index in [1.54, 1.807) is 17.4 Å². The Morgan fingerprint density at radius 1 is 1.75 bits per heavy atom. The Kier molecular flexibility index (Phi) is 2.65. The van der Waals surface area contributed by atoms with Gasteiger partial charge in [0.2, 0.25) is 11.8 Å². The number of rotatable bonds is 1. The summed E-state index contributed by atoms with van der Waals surface area (Å²) in [5, 5.41) is 8.31. The van der Waals surface area contributed by atoms with Crippen LogP contribution in [0.15, 0.2) is 0 Å². The summed E-state index contributed by atoms with van der Waals surface area (Å²) < 4.78 is 0. The Morgan fingerprint density at radius 2 is 2.42 bits per heavy atom. The van der Waals surface area contributed by atoms with E-state index in [-0.39, 0.29) is 18.2 Å². The van der Waals surface area contributed by atoms with E-state index in [1.807, 2.05) is 0 Å². The zero-order valence-electron chi connectivity index (χ0n) is 6.91. The van der Waals surface area contributed by atoms with E-state index < -0.39 is 5.91 Å². The van der Waals surface area contributed by atoms with E-state index in [0.717, 1.165) is 0 Å². The number of nitrogens with zero attached hydrogens (tertiary/aromatic N) is 1. The number of piperidine rings is 1. The Balaban J connectivity index is 2.51. The van der Waals surface area contributed by atoms with Gasteiger partial charge in [0.25, 0.3) is 0 Å². The zero-order valence-corrected chi connectivity index (χ0v) is 6.91. The Bertz CT molecular complexity index is 203. The molecule has 1 aliphatic heterocycles. The van der Waals surface area contributed by atoms with E-state index in [2.05, 4.69) is 0 Å². The van der Waals surface area contributed by atoms with Gasteiger partial charge in [0.15, 0.2) is 0 Å². The Labute approximate surface area is 70.3 Å². The largest absolute Gasteiger partial charge is 0.346 e. The number of hydroxylamine groups is 1. The highest BCUT2D eigenvalue weighted by molar-refractivity contribution is 5.86. The molecule has 5 nitrogen and oxygen atoms in total. The van der Waals surface area contributed by atoms with E-state index in [0.29, 0.717) is 13.0 Å². The third-order valence-corrected chi connectivity index (χ3v) is 2.14. The summed E-state index contributed by atoms with van der Waals surface area (Å²) in [6.45, 7) is 0.580. The molecule has 1 saturated heterocycles. The van der Waals surface area contributed by atoms with E-state index >= 15 is 0 Å². The van der Waals surface area contributed by atoms with Gasteiger partial charge >= 0.3 is 0 Å². The molecule has 1 fully saturated rings. The predicted molar refractivity (Wildman–Crippen MR) is 40.3 cm³/mol. The number of carbonyl (C=O) groups excluding carboxylic acids is 2. The number of carbonyl (C=O) groups is 2. The van der Waals surface area contributed by atoms with Gasteiger partial charge in [-0.25, -0.2) is 5.48 Å². The summed E-state index contributed by atoms with van der Waals surface area (Å²) in [5.41, 5.74) is 1.56. The summed E-state index contributed by atoms with van der Waals surface area (Å²) in [6.07, 6.45) is 0.817. The Morgan fingerprint density at radius 3 is 2.92 bits per heavy atom. The number of nitrogens with one attached hydrogen (secondary N) is 1. The molecule has 1 aliphatic rings. The van der Waals surface area contributed by atoms with Crippen molar-refractivity contribution in [3.63, 3.8) is 0 Å². The molecule has 0 radical (unpaired) electrons. The molecule has 0 aromatic rings. The van der Waals surface area contributed by atoms with Crippen LogP contribution in [0.3, 0.4) is 0 Å². The van der Waals surface area contributed by atoms with Crippen molar-refractivity contribution in [2.24, 2.45) is 5.92 Å². The van der Waals surface area contributed by atoms with Gasteiger partial charge in [-0.1, -0.05) is 0 Å². The number of hydrogen-bond donors (Lipinski definition) is 2. The van der Waals surface area contributed by atoms with Crippen molar-refractivity contribution in [1.82, 2.24) is 10.4 Å². The van der Waals surface area contributed by atoms with Gasteiger partial charge in [0, 0.05) is 20.0 Å². The molecule has 0 aromatic carbocycles. The quantitative estimate of drug-likeness (QED) is 0.408. The molecule has 0 saturated carbocycles. The van der Waals surface area contributed by atoms with Gasteiger partial charge in [-0.3, -0.25) is 14.8 Å². The number of amides is 2. The van der Waals surface area contributed by atoms with Crippen LogP contribution in [0, 0.1) is 5.92 Å². The highest BCUT2D eigenvalue weighted by Gasteiger charge is 2.28. The van der Waals surface area contributed by atoms with Crippen LogP contribution in [0.5, 0.6) is 0 Å². The second-order valence-corrected chi connectivity index (χ2v) is 2.98. The molecule has 68 valence electrons. The average Bonchev–Trinajstić information content (AvgIpc) is 2.08. The topological polar surface area (TPSA) is 69.6 Å². The Hall–Kier alpha value is -1.10. The molecule has 12 heavy (non-hydrogen) atoms. The summed E-state index contributed by atoms with van der Waals surface area (Å²) in [5.74, 6) is -0.870. The zero-order chi connectivity index (χ0) is 9.14. The lowest BCUT2D eigenvalue weighted by atomic mass is 9.96. The fourth-order valence-electron chi connectivity index (χ4n) is 1.26. The van der Waals surface area contributed by atoms with E-state index in [9.17, 15) is 9.59 Å². The van der Waals surface area contributed by atoms with Crippen molar-refractivity contribution in [2.75, 3.05) is 13.6 Å². The molecule has 5 heteroatoms. The van der Waals surface area contributed by atoms with Gasteiger partial charge < -0.3 is 4.90 Å². The van der Waals surface area contributed by atoms with Gasteiger partial charge in [-0.05, 0) is 6.42 Å². The SMILES string of the molecule is CN1CCC(C(=O)NO)CC1=O. The molecular weight excluding hydrogens is 160 g/mol. The van der Waals surface area contributed by atoms with Crippen LogP contribution in [-0.4, -0.2) is 35.5 Å². The van der Waals surface area contributed by atoms with Crippen molar-refractivity contribution in [3.8, 4) is 0 Å². The monoisotopic (exact) mass is 172 g/mol. The maximum atomic E-state index is 11.1. The van der Waals surface area contributed by atoms with Crippen molar-refractivity contribution < 1.29 is 14.8 Å². The lowest BCUT2D eigenvalue weighted by Gasteiger charge is -2.27. The number of likely N-dealkylation sites (tertiary alicyclic amines) is 1. The molecule has 0 aromatic heterocycles. The smallest absolute Gasteiger partial charge is 0.247 e. The minimum absolute atomic E-state index is 0.0464. The summed E-state index contributed by atoms with van der Waals surface area (Å²) in [4.78, 5) is 23.6. The first kappa shape index (κ1) is 8.99. The summed E-state index contributed by atoms with van der Waals surface area (Å²) >= 11 is 0. The van der Waals surface area contributed by atoms with Crippen molar-refractivity contribution in [2.45, 2.75) is 12.8 Å². The third kappa shape index (κ3) is 1.73. The molecular formula is C7H12N2O3. The van der Waals surface area contributed by atoms with E-state index in [1.165, 1.54) is 0 Å². The van der Waals surface area contributed by atoms with Gasteiger partial charge in [-0.2, -0.15) is 0 Å². The highest BCUT2D eigenvalue weighted by atomic mass is 16.5. The van der Waals surface area contributed by atoms with E-state index in [4.69, 9.17) is 5.21 Å². The van der Waals surface area contributed by atoms with Crippen molar-refractivity contribution in [3.05, 3.63) is 0 Å². The normalized spacial score (nSPS) is 24.0. The fourth-order valence-corrected chi connectivity index (χ4v) is 1.26. The van der Waals surface area contributed by atoms with Crippen LogP contribution in [0.4, 0.5) is 0 Å². The molecule has 2 N–H and O–H groups in total. The number of hydrogen-bond acceptors (Lipinski definition) is 3. The summed E-state index contributed by atoms with van der Waals surface area (Å²) in [7, 11) is 1.70. The minimum atomic E-state index is -0.462.